The monoisotopic (exact) mass is 563 g/mol. The van der Waals surface area contributed by atoms with Crippen molar-refractivity contribution in [2.45, 2.75) is 136 Å². The predicted molar refractivity (Wildman–Crippen MR) is 146 cm³/mol. The summed E-state index contributed by atoms with van der Waals surface area (Å²) in [5.74, 6) is -0.897. The Hall–Kier alpha value is -0.140. The van der Waals surface area contributed by atoms with Gasteiger partial charge in [-0.15, -0.1) is 0 Å². The first-order chi connectivity index (χ1) is 17.5. The van der Waals surface area contributed by atoms with Gasteiger partial charge in [-0.3, -0.25) is 9.59 Å². The Bertz CT molecular complexity index is 488. The van der Waals surface area contributed by atoms with Crippen molar-refractivity contribution in [3.05, 3.63) is 0 Å². The molecule has 0 aromatic carbocycles. The Morgan fingerprint density at radius 3 is 1.53 bits per heavy atom. The van der Waals surface area contributed by atoms with E-state index in [4.69, 9.17) is 25.2 Å². The molecule has 0 aliphatic heterocycles. The minimum Gasteiger partial charge on any atom is -1.00 e. The number of esters is 2. The van der Waals surface area contributed by atoms with Gasteiger partial charge < -0.3 is 41.4 Å². The molecule has 0 saturated heterocycles. The summed E-state index contributed by atoms with van der Waals surface area (Å²) in [6.45, 7) is 9.75. The van der Waals surface area contributed by atoms with Crippen molar-refractivity contribution in [1.29, 1.82) is 0 Å². The van der Waals surface area contributed by atoms with E-state index in [-0.39, 0.29) is 37.5 Å². The molecule has 0 aliphatic carbocycles. The Labute approximate surface area is 255 Å². The summed E-state index contributed by atoms with van der Waals surface area (Å²) >= 11 is 0. The van der Waals surface area contributed by atoms with Gasteiger partial charge in [-0.1, -0.05) is 72.1 Å². The largest absolute Gasteiger partial charge is 1.00 e. The molecule has 5 N–H and O–H groups in total. The molecule has 0 aromatic heterocycles. The summed E-state index contributed by atoms with van der Waals surface area (Å²) in [6, 6.07) is 0. The van der Waals surface area contributed by atoms with Crippen molar-refractivity contribution in [2.75, 3.05) is 26.8 Å². The van der Waals surface area contributed by atoms with E-state index in [1.54, 1.807) is 34.7 Å². The average Bonchev–Trinajstić information content (AvgIpc) is 2.83. The molecule has 226 valence electrons. The van der Waals surface area contributed by atoms with Gasteiger partial charge >= 0.3 is 41.5 Å². The van der Waals surface area contributed by atoms with Crippen molar-refractivity contribution in [3.63, 3.8) is 0 Å². The van der Waals surface area contributed by atoms with Gasteiger partial charge in [0.2, 0.25) is 0 Å². The van der Waals surface area contributed by atoms with Crippen molar-refractivity contribution < 1.29 is 75.2 Å². The zero-order chi connectivity index (χ0) is 28.9. The molecule has 4 atom stereocenters. The van der Waals surface area contributed by atoms with Crippen LogP contribution in [-0.4, -0.2) is 84.0 Å². The molecule has 0 bridgehead atoms. The summed E-state index contributed by atoms with van der Waals surface area (Å²) in [7, 11) is 1.65. The fourth-order valence-electron chi connectivity index (χ4n) is 2.72. The van der Waals surface area contributed by atoms with Crippen molar-refractivity contribution in [2.24, 2.45) is 0 Å². The molecular formula is C27H58NNaO9. The number of likely N-dealkylation sites (N-methyl/N-ethyl adjacent to an activating group) is 1. The zero-order valence-corrected chi connectivity index (χ0v) is 27.2. The van der Waals surface area contributed by atoms with E-state index in [0.717, 1.165) is 12.8 Å². The van der Waals surface area contributed by atoms with E-state index in [1.807, 2.05) is 0 Å². The number of unbranched alkanes of at least 4 members (excludes halogenated alkanes) is 8. The van der Waals surface area contributed by atoms with Gasteiger partial charge in [0.05, 0.1) is 32.0 Å². The fraction of sp³-hybridized carbons (Fsp3) is 0.926. The first-order valence-electron chi connectivity index (χ1n) is 13.9. The Balaban J connectivity index is -0.000000162. The molecule has 4 unspecified atom stereocenters. The quantitative estimate of drug-likeness (QED) is 0.0466. The minimum atomic E-state index is -0.819. The molecule has 0 aliphatic rings. The van der Waals surface area contributed by atoms with Crippen LogP contribution in [0.15, 0.2) is 0 Å². The summed E-state index contributed by atoms with van der Waals surface area (Å²) in [5.41, 5.74) is 0. The van der Waals surface area contributed by atoms with E-state index in [2.05, 4.69) is 21.7 Å². The predicted octanol–water partition coefficient (Wildman–Crippen LogP) is 0.537. The molecule has 0 rings (SSSR count). The molecule has 0 saturated carbocycles. The number of aliphatic hydroxyl groups excluding tert-OH is 4. The SMILES string of the molecule is CC(O)COCC(C)O.CCC(O)OC(O)CC.CCCCCCCCCCCC(=O)OC(=O)CNC.[H-].[Na+]. The van der Waals surface area contributed by atoms with Gasteiger partial charge in [-0.05, 0) is 40.2 Å². The summed E-state index contributed by atoms with van der Waals surface area (Å²) in [6.07, 6.45) is 9.73. The Morgan fingerprint density at radius 2 is 1.16 bits per heavy atom. The molecule has 0 aromatic rings. The van der Waals surface area contributed by atoms with Crippen LogP contribution < -0.4 is 34.9 Å². The molecule has 38 heavy (non-hydrogen) atoms. The van der Waals surface area contributed by atoms with Crippen LogP contribution in [0.2, 0.25) is 0 Å². The molecule has 11 heteroatoms. The van der Waals surface area contributed by atoms with Crippen LogP contribution in [-0.2, 0) is 23.8 Å². The molecule has 10 nitrogen and oxygen atoms in total. The number of ether oxygens (including phenoxy) is 3. The van der Waals surface area contributed by atoms with Gasteiger partial charge in [-0.25, -0.2) is 0 Å². The third kappa shape index (κ3) is 42.9. The first-order valence-corrected chi connectivity index (χ1v) is 13.9. The third-order valence-electron chi connectivity index (χ3n) is 4.76. The first kappa shape index (κ1) is 44.9. The summed E-state index contributed by atoms with van der Waals surface area (Å²) in [4.78, 5) is 22.3. The smallest absolute Gasteiger partial charge is 1.00 e. The normalized spacial score (nSPS) is 13.4. The van der Waals surface area contributed by atoms with Crippen molar-refractivity contribution >= 4 is 11.9 Å². The fourth-order valence-corrected chi connectivity index (χ4v) is 2.72. The second-order valence-electron chi connectivity index (χ2n) is 9.05. The number of carbonyl (C=O) groups is 2. The topological polar surface area (TPSA) is 155 Å². The maximum Gasteiger partial charge on any atom is 1.00 e. The molecule has 0 fully saturated rings. The van der Waals surface area contributed by atoms with Crippen LogP contribution in [0.4, 0.5) is 0 Å². The van der Waals surface area contributed by atoms with Gasteiger partial charge in [-0.2, -0.15) is 0 Å². The van der Waals surface area contributed by atoms with E-state index < -0.39 is 36.7 Å². The van der Waals surface area contributed by atoms with E-state index in [1.165, 1.54) is 44.9 Å². The Morgan fingerprint density at radius 1 is 0.737 bits per heavy atom. The van der Waals surface area contributed by atoms with Crippen LogP contribution in [0.5, 0.6) is 0 Å². The number of nitrogens with one attached hydrogen (secondary N) is 1. The number of rotatable bonds is 20. The maximum atomic E-state index is 11.3. The summed E-state index contributed by atoms with van der Waals surface area (Å²) < 4.78 is 14.1. The minimum absolute atomic E-state index is 0. The van der Waals surface area contributed by atoms with E-state index in [9.17, 15) is 9.59 Å². The second kappa shape index (κ2) is 34.9. The van der Waals surface area contributed by atoms with Gasteiger partial charge in [0.15, 0.2) is 12.6 Å². The third-order valence-corrected chi connectivity index (χ3v) is 4.76. The van der Waals surface area contributed by atoms with Gasteiger partial charge in [0, 0.05) is 6.42 Å². The number of carbonyl (C=O) groups excluding carboxylic acids is 2. The standard InChI is InChI=1S/C15H29NO3.2C6H14O3.Na.H/c1-3-4-5-6-7-8-9-10-11-12-14(17)19-15(18)13-16-2;1-5(7)3-9-4-6(2)8;1-3-5(7)9-6(8)4-2;;/h16H,3-13H2,1-2H3;2*5-8H,3-4H2,1-2H3;;/q;;;+1;-1. The number of hydrogen-bond acceptors (Lipinski definition) is 10. The van der Waals surface area contributed by atoms with E-state index in [0.29, 0.717) is 32.5 Å². The van der Waals surface area contributed by atoms with Crippen molar-refractivity contribution in [3.8, 4) is 0 Å². The van der Waals surface area contributed by atoms with Crippen LogP contribution in [0.3, 0.4) is 0 Å². The number of aliphatic hydroxyl groups is 4. The average molecular weight is 564 g/mol. The maximum absolute atomic E-state index is 11.3. The van der Waals surface area contributed by atoms with Crippen LogP contribution in [0, 0.1) is 0 Å². The molecular weight excluding hydrogens is 505 g/mol. The van der Waals surface area contributed by atoms with Crippen LogP contribution in [0.1, 0.15) is 113 Å². The van der Waals surface area contributed by atoms with Crippen LogP contribution >= 0.6 is 0 Å². The Kier molecular flexibility index (Phi) is 41.2. The zero-order valence-electron chi connectivity index (χ0n) is 26.2. The second-order valence-corrected chi connectivity index (χ2v) is 9.05. The van der Waals surface area contributed by atoms with E-state index >= 15 is 0 Å². The van der Waals surface area contributed by atoms with Crippen molar-refractivity contribution in [1.82, 2.24) is 5.32 Å². The summed E-state index contributed by atoms with van der Waals surface area (Å²) in [5, 5.41) is 37.5. The van der Waals surface area contributed by atoms with Crippen LogP contribution in [0.25, 0.3) is 0 Å². The molecule has 0 spiro atoms. The van der Waals surface area contributed by atoms with Gasteiger partial charge in [0.25, 0.3) is 0 Å². The molecule has 0 amide bonds. The molecule has 0 radical (unpaired) electrons. The van der Waals surface area contributed by atoms with Gasteiger partial charge in [0.1, 0.15) is 0 Å². The molecule has 0 heterocycles. The number of hydrogen-bond donors (Lipinski definition) is 5.